The second-order valence-electron chi connectivity index (χ2n) is 10.2. The highest BCUT2D eigenvalue weighted by atomic mass is 16.3. The molecule has 1 N–H and O–H groups in total. The van der Waals surface area contributed by atoms with Crippen LogP contribution in [-0.2, 0) is 4.79 Å². The van der Waals surface area contributed by atoms with Crippen LogP contribution in [0, 0.1) is 58.7 Å². The molecule has 0 radical (unpaired) electrons. The number of rotatable bonds is 1. The number of hydrogen-bond acceptors (Lipinski definition) is 2. The maximum atomic E-state index is 12.2. The van der Waals surface area contributed by atoms with Gasteiger partial charge in [0.15, 0.2) is 0 Å². The Morgan fingerprint density at radius 1 is 1.08 bits per heavy atom. The number of carbonyl (C=O) groups excluding carboxylic acids is 1. The lowest BCUT2D eigenvalue weighted by Gasteiger charge is -2.62. The molecule has 0 amide bonds. The van der Waals surface area contributed by atoms with Crippen molar-refractivity contribution in [3.05, 3.63) is 0 Å². The Balaban J connectivity index is 1.64. The van der Waals surface area contributed by atoms with E-state index in [0.29, 0.717) is 29.5 Å². The van der Waals surface area contributed by atoms with E-state index in [1.54, 1.807) is 6.92 Å². The Morgan fingerprint density at radius 2 is 1.84 bits per heavy atom. The molecule has 25 heavy (non-hydrogen) atoms. The van der Waals surface area contributed by atoms with Crippen LogP contribution in [0.2, 0.25) is 0 Å². The summed E-state index contributed by atoms with van der Waals surface area (Å²) in [5, 5.41) is 11.1. The molecule has 2 nitrogen and oxygen atoms in total. The zero-order valence-electron chi connectivity index (χ0n) is 16.1. The minimum absolute atomic E-state index is 0.0336. The minimum atomic E-state index is -0.255. The molecule has 0 heterocycles. The monoisotopic (exact) mass is 342 g/mol. The number of fused-ring (bicyclic) bond motifs is 5. The predicted molar refractivity (Wildman–Crippen MR) is 99.6 cm³/mol. The van der Waals surface area contributed by atoms with E-state index in [1.807, 2.05) is 0 Å². The fourth-order valence-corrected chi connectivity index (χ4v) is 8.13. The number of ketones is 1. The average molecular weight is 343 g/mol. The van der Waals surface area contributed by atoms with Gasteiger partial charge < -0.3 is 5.11 Å². The first-order valence-corrected chi connectivity index (χ1v) is 10.5. The zero-order chi connectivity index (χ0) is 18.0. The summed E-state index contributed by atoms with van der Waals surface area (Å²) in [6, 6.07) is 0. The van der Waals surface area contributed by atoms with Crippen LogP contribution in [0.25, 0.3) is 0 Å². The van der Waals surface area contributed by atoms with Crippen LogP contribution in [0.15, 0.2) is 0 Å². The number of aliphatic hydroxyl groups excluding tert-OH is 1. The van der Waals surface area contributed by atoms with Crippen molar-refractivity contribution >= 4 is 5.78 Å². The van der Waals surface area contributed by atoms with E-state index < -0.39 is 0 Å². The molecule has 4 aliphatic rings. The van der Waals surface area contributed by atoms with Gasteiger partial charge in [-0.2, -0.15) is 0 Å². The van der Waals surface area contributed by atoms with E-state index in [4.69, 9.17) is 6.42 Å². The van der Waals surface area contributed by atoms with Crippen LogP contribution in [-0.4, -0.2) is 17.0 Å². The largest absolute Gasteiger partial charge is 0.392 e. The van der Waals surface area contributed by atoms with E-state index in [0.717, 1.165) is 25.7 Å². The van der Waals surface area contributed by atoms with Gasteiger partial charge in [0.05, 0.1) is 6.10 Å². The lowest BCUT2D eigenvalue weighted by Crippen LogP contribution is -2.58. The van der Waals surface area contributed by atoms with Gasteiger partial charge in [0.2, 0.25) is 0 Å². The molecule has 0 aromatic heterocycles. The van der Waals surface area contributed by atoms with E-state index in [1.165, 1.54) is 25.7 Å². The first-order valence-electron chi connectivity index (χ1n) is 10.5. The summed E-state index contributed by atoms with van der Waals surface area (Å²) in [5.74, 6) is 6.41. The summed E-state index contributed by atoms with van der Waals surface area (Å²) < 4.78 is 0. The Bertz CT molecular complexity index is 604. The van der Waals surface area contributed by atoms with Crippen molar-refractivity contribution < 1.29 is 9.90 Å². The van der Waals surface area contributed by atoms with E-state index in [9.17, 15) is 9.90 Å². The third-order valence-corrected chi connectivity index (χ3v) is 9.49. The van der Waals surface area contributed by atoms with Crippen LogP contribution in [0.1, 0.15) is 72.1 Å². The van der Waals surface area contributed by atoms with Crippen molar-refractivity contribution in [2.24, 2.45) is 46.3 Å². The van der Waals surface area contributed by atoms with Gasteiger partial charge in [-0.1, -0.05) is 13.8 Å². The number of aliphatic hydroxyl groups is 1. The highest BCUT2D eigenvalue weighted by Crippen LogP contribution is 2.67. The summed E-state index contributed by atoms with van der Waals surface area (Å²) >= 11 is 0. The molecule has 138 valence electrons. The SMILES string of the molecule is C#CC1CC(O)[C@@]2(C)C(CC[C@@H]3[C@@H]2CC[C@]2(C)[C@@H](C(C)=O)CC[C@@H]32)C1. The average Bonchev–Trinajstić information content (AvgIpc) is 2.93. The Morgan fingerprint density at radius 3 is 2.52 bits per heavy atom. The molecule has 0 bridgehead atoms. The van der Waals surface area contributed by atoms with Gasteiger partial charge in [0.25, 0.3) is 0 Å². The van der Waals surface area contributed by atoms with Gasteiger partial charge in [-0.05, 0) is 92.8 Å². The quantitative estimate of drug-likeness (QED) is 0.715. The normalized spacial score (nSPS) is 54.8. The molecule has 4 rings (SSSR count). The Kier molecular flexibility index (Phi) is 4.12. The zero-order valence-corrected chi connectivity index (χ0v) is 16.1. The van der Waals surface area contributed by atoms with E-state index in [-0.39, 0.29) is 28.8 Å². The van der Waals surface area contributed by atoms with Crippen molar-refractivity contribution in [1.82, 2.24) is 0 Å². The Hall–Kier alpha value is -0.810. The molecular weight excluding hydrogens is 308 g/mol. The molecule has 2 heteroatoms. The lowest BCUT2D eigenvalue weighted by atomic mass is 9.43. The molecule has 9 atom stereocenters. The smallest absolute Gasteiger partial charge is 0.133 e. The van der Waals surface area contributed by atoms with Gasteiger partial charge in [-0.15, -0.1) is 12.3 Å². The Labute approximate surface area is 153 Å². The van der Waals surface area contributed by atoms with Crippen LogP contribution in [0.4, 0.5) is 0 Å². The maximum Gasteiger partial charge on any atom is 0.133 e. The fourth-order valence-electron chi connectivity index (χ4n) is 8.13. The molecule has 0 spiro atoms. The molecule has 3 unspecified atom stereocenters. The van der Waals surface area contributed by atoms with Crippen molar-refractivity contribution in [3.8, 4) is 12.3 Å². The van der Waals surface area contributed by atoms with Crippen LogP contribution in [0.3, 0.4) is 0 Å². The molecule has 0 saturated heterocycles. The topological polar surface area (TPSA) is 37.3 Å². The number of carbonyl (C=O) groups is 1. The lowest BCUT2D eigenvalue weighted by molar-refractivity contribution is -0.169. The molecule has 0 aromatic carbocycles. The fraction of sp³-hybridized carbons (Fsp3) is 0.870. The van der Waals surface area contributed by atoms with Crippen molar-refractivity contribution in [1.29, 1.82) is 0 Å². The van der Waals surface area contributed by atoms with Gasteiger partial charge in [0.1, 0.15) is 5.78 Å². The summed E-state index contributed by atoms with van der Waals surface area (Å²) in [4.78, 5) is 12.2. The molecule has 4 fully saturated rings. The number of Topliss-reactive ketones (excluding diaryl/α,β-unsaturated/α-hetero) is 1. The predicted octanol–water partition coefficient (Wildman–Crippen LogP) is 4.45. The second kappa shape index (κ2) is 5.85. The molecule has 4 saturated carbocycles. The molecular formula is C23H34O2. The number of terminal acetylenes is 1. The summed E-state index contributed by atoms with van der Waals surface area (Å²) in [6.45, 7) is 6.56. The summed E-state index contributed by atoms with van der Waals surface area (Å²) in [7, 11) is 0. The third-order valence-electron chi connectivity index (χ3n) is 9.49. The third kappa shape index (κ3) is 2.31. The van der Waals surface area contributed by atoms with Crippen LogP contribution < -0.4 is 0 Å². The second-order valence-corrected chi connectivity index (χ2v) is 10.2. The van der Waals surface area contributed by atoms with Crippen molar-refractivity contribution in [3.63, 3.8) is 0 Å². The van der Waals surface area contributed by atoms with Crippen molar-refractivity contribution in [2.45, 2.75) is 78.2 Å². The highest BCUT2D eigenvalue weighted by molar-refractivity contribution is 5.79. The molecule has 4 aliphatic carbocycles. The minimum Gasteiger partial charge on any atom is -0.392 e. The summed E-state index contributed by atoms with van der Waals surface area (Å²) in [6.07, 6.45) is 14.5. The van der Waals surface area contributed by atoms with Gasteiger partial charge >= 0.3 is 0 Å². The van der Waals surface area contributed by atoms with Crippen LogP contribution >= 0.6 is 0 Å². The number of hydrogen-bond donors (Lipinski definition) is 1. The van der Waals surface area contributed by atoms with E-state index in [2.05, 4.69) is 19.8 Å². The maximum absolute atomic E-state index is 12.2. The standard InChI is InChI=1S/C23H34O2/c1-5-15-12-16-6-7-17-19-9-8-18(14(2)24)22(19,3)11-10-20(17)23(16,4)21(25)13-15/h1,15-21,25H,6-13H2,2-4H3/t15?,16?,17-,18+,19-,20-,21?,22+,23-/m0/s1. The molecule has 0 aliphatic heterocycles. The first-order chi connectivity index (χ1) is 11.8. The summed E-state index contributed by atoms with van der Waals surface area (Å²) in [5.41, 5.74) is 0.239. The van der Waals surface area contributed by atoms with E-state index >= 15 is 0 Å². The first kappa shape index (κ1) is 17.6. The van der Waals surface area contributed by atoms with Gasteiger partial charge in [-0.3, -0.25) is 4.79 Å². The van der Waals surface area contributed by atoms with Crippen LogP contribution in [0.5, 0.6) is 0 Å². The van der Waals surface area contributed by atoms with Gasteiger partial charge in [-0.25, -0.2) is 0 Å². The van der Waals surface area contributed by atoms with Crippen molar-refractivity contribution in [2.75, 3.05) is 0 Å². The molecule has 0 aromatic rings. The highest BCUT2D eigenvalue weighted by Gasteiger charge is 2.62. The van der Waals surface area contributed by atoms with Gasteiger partial charge in [0, 0.05) is 11.8 Å².